The van der Waals surface area contributed by atoms with Crippen molar-refractivity contribution in [3.05, 3.63) is 24.8 Å². The third-order valence-electron chi connectivity index (χ3n) is 5.39. The number of ether oxygens (including phenoxy) is 4. The fourth-order valence-electron chi connectivity index (χ4n) is 3.96. The molecule has 4 atom stereocenters. The van der Waals surface area contributed by atoms with Crippen molar-refractivity contribution in [2.45, 2.75) is 50.2 Å². The maximum atomic E-state index is 12.4. The van der Waals surface area contributed by atoms with Gasteiger partial charge in [0.25, 0.3) is 0 Å². The van der Waals surface area contributed by atoms with E-state index in [-0.39, 0.29) is 30.7 Å². The average Bonchev–Trinajstić information content (AvgIpc) is 3.43. The first-order chi connectivity index (χ1) is 14.8. The molecule has 168 valence electrons. The minimum absolute atomic E-state index is 0.117. The van der Waals surface area contributed by atoms with E-state index in [4.69, 9.17) is 24.7 Å². The van der Waals surface area contributed by atoms with E-state index in [0.29, 0.717) is 35.9 Å². The number of nitrogen functional groups attached to an aromatic ring is 1. The molecule has 4 rings (SSSR count). The molecule has 0 aliphatic carbocycles. The Morgan fingerprint density at radius 2 is 2.19 bits per heavy atom. The number of nitrogens with two attached hydrogens (primary N) is 1. The Labute approximate surface area is 184 Å². The molecule has 0 bridgehead atoms. The number of rotatable bonds is 8. The fourth-order valence-corrected chi connectivity index (χ4v) is 4.36. The first-order valence-electron chi connectivity index (χ1n) is 10.0. The predicted octanol–water partition coefficient (Wildman–Crippen LogP) is 2.07. The summed E-state index contributed by atoms with van der Waals surface area (Å²) in [6.07, 6.45) is 8.72. The van der Waals surface area contributed by atoms with Gasteiger partial charge in [0.05, 0.1) is 36.5 Å². The second kappa shape index (κ2) is 8.73. The largest absolute Gasteiger partial charge is 0.462 e. The lowest BCUT2D eigenvalue weighted by Gasteiger charge is -2.26. The van der Waals surface area contributed by atoms with E-state index in [1.165, 1.54) is 6.33 Å². The lowest BCUT2D eigenvalue weighted by Crippen LogP contribution is -2.33. The number of anilines is 1. The van der Waals surface area contributed by atoms with Crippen LogP contribution >= 0.6 is 11.8 Å². The molecule has 0 amide bonds. The monoisotopic (exact) mass is 449 g/mol. The number of fused-ring (bicyclic) bond motifs is 1. The highest BCUT2D eigenvalue weighted by Gasteiger charge is 2.46. The van der Waals surface area contributed by atoms with E-state index in [9.17, 15) is 4.79 Å². The van der Waals surface area contributed by atoms with Crippen molar-refractivity contribution >= 4 is 34.7 Å². The lowest BCUT2D eigenvalue weighted by atomic mass is 9.91. The van der Waals surface area contributed by atoms with Gasteiger partial charge in [-0.1, -0.05) is 6.08 Å². The number of carbonyl (C=O) groups is 1. The van der Waals surface area contributed by atoms with Crippen molar-refractivity contribution in [3.8, 4) is 0 Å². The number of hydrogen-bond acceptors (Lipinski definition) is 10. The normalized spacial score (nSPS) is 30.3. The van der Waals surface area contributed by atoms with Crippen molar-refractivity contribution in [2.75, 3.05) is 31.1 Å². The molecule has 10 nitrogen and oxygen atoms in total. The third kappa shape index (κ3) is 4.84. The number of imidazole rings is 1. The Balaban J connectivity index is 1.27. The van der Waals surface area contributed by atoms with Gasteiger partial charge in [-0.3, -0.25) is 9.36 Å². The van der Waals surface area contributed by atoms with Crippen LogP contribution < -0.4 is 5.73 Å². The molecular weight excluding hydrogens is 422 g/mol. The zero-order valence-electron chi connectivity index (χ0n) is 17.8. The van der Waals surface area contributed by atoms with Crippen LogP contribution in [0.4, 0.5) is 5.82 Å². The van der Waals surface area contributed by atoms with Crippen LogP contribution in [0.1, 0.15) is 32.9 Å². The summed E-state index contributed by atoms with van der Waals surface area (Å²) in [5.41, 5.74) is 5.95. The van der Waals surface area contributed by atoms with Crippen molar-refractivity contribution < 1.29 is 23.7 Å². The van der Waals surface area contributed by atoms with Crippen LogP contribution in [0.2, 0.25) is 0 Å². The van der Waals surface area contributed by atoms with Crippen LogP contribution in [-0.2, 0) is 23.7 Å². The molecule has 31 heavy (non-hydrogen) atoms. The first-order valence-corrected chi connectivity index (χ1v) is 11.4. The van der Waals surface area contributed by atoms with Crippen LogP contribution in [0.15, 0.2) is 24.8 Å². The molecule has 1 saturated heterocycles. The smallest absolute Gasteiger partial charge is 0.308 e. The van der Waals surface area contributed by atoms with Crippen molar-refractivity contribution in [1.82, 2.24) is 19.5 Å². The van der Waals surface area contributed by atoms with E-state index in [2.05, 4.69) is 15.0 Å². The average molecular weight is 450 g/mol. The first kappa shape index (κ1) is 22.0. The molecule has 0 aromatic carbocycles. The standard InChI is InChI=1S/C20H27N5O5S/c1-19(8-20(2,9-28-19)29-12-31-3)6-15(26)27-7-13-4-5-14(30-13)25-11-24-16-17(21)22-10-23-18(16)25/h4-5,10-11,13-14H,6-9,12H2,1-3H3,(H2,21,22,23)/t13-,14+,19?,20-/m0/s1. The Hall–Kier alpha value is -2.21. The van der Waals surface area contributed by atoms with Gasteiger partial charge < -0.3 is 24.7 Å². The van der Waals surface area contributed by atoms with E-state index < -0.39 is 11.8 Å². The molecular formula is C20H27N5O5S. The minimum Gasteiger partial charge on any atom is -0.462 e. The maximum absolute atomic E-state index is 12.4. The highest BCUT2D eigenvalue weighted by molar-refractivity contribution is 7.98. The quantitative estimate of drug-likeness (QED) is 0.364. The SMILES string of the molecule is CSCO[C@]1(C)COC(C)(CC(=O)OC[C@@H]2C=C[C@H](n3cnc4c(N)ncnc43)O2)C1. The lowest BCUT2D eigenvalue weighted by molar-refractivity contribution is -0.153. The topological polar surface area (TPSA) is 124 Å². The summed E-state index contributed by atoms with van der Waals surface area (Å²) in [5.74, 6) is 0.581. The number of esters is 1. The molecule has 0 spiro atoms. The van der Waals surface area contributed by atoms with E-state index >= 15 is 0 Å². The number of nitrogens with zero attached hydrogens (tertiary/aromatic N) is 4. The highest BCUT2D eigenvalue weighted by Crippen LogP contribution is 2.38. The zero-order chi connectivity index (χ0) is 22.1. The summed E-state index contributed by atoms with van der Waals surface area (Å²) in [6.45, 7) is 4.50. The number of hydrogen-bond donors (Lipinski definition) is 1. The van der Waals surface area contributed by atoms with Gasteiger partial charge in [-0.15, -0.1) is 11.8 Å². The van der Waals surface area contributed by atoms with Gasteiger partial charge in [0, 0.05) is 6.42 Å². The minimum atomic E-state index is -0.603. The van der Waals surface area contributed by atoms with Crippen LogP contribution in [-0.4, -0.2) is 68.2 Å². The molecule has 0 radical (unpaired) electrons. The Kier molecular flexibility index (Phi) is 6.20. The van der Waals surface area contributed by atoms with E-state index in [1.54, 1.807) is 22.7 Å². The predicted molar refractivity (Wildman–Crippen MR) is 115 cm³/mol. The number of aromatic nitrogens is 4. The third-order valence-corrected chi connectivity index (χ3v) is 5.75. The van der Waals surface area contributed by atoms with Crippen LogP contribution in [0.25, 0.3) is 11.2 Å². The van der Waals surface area contributed by atoms with E-state index in [0.717, 1.165) is 0 Å². The Morgan fingerprint density at radius 3 is 3.00 bits per heavy atom. The Bertz CT molecular complexity index is 984. The summed E-state index contributed by atoms with van der Waals surface area (Å²) in [6, 6.07) is 0. The van der Waals surface area contributed by atoms with Gasteiger partial charge in [-0.25, -0.2) is 15.0 Å². The summed E-state index contributed by atoms with van der Waals surface area (Å²) in [7, 11) is 0. The Morgan fingerprint density at radius 1 is 1.35 bits per heavy atom. The molecule has 2 aromatic rings. The van der Waals surface area contributed by atoms with Gasteiger partial charge in [0.15, 0.2) is 17.7 Å². The fraction of sp³-hybridized carbons (Fsp3) is 0.600. The van der Waals surface area contributed by atoms with E-state index in [1.807, 2.05) is 32.3 Å². The molecule has 2 aromatic heterocycles. The van der Waals surface area contributed by atoms with Gasteiger partial charge in [0.1, 0.15) is 24.6 Å². The second-order valence-corrected chi connectivity index (χ2v) is 9.12. The summed E-state index contributed by atoms with van der Waals surface area (Å²) in [5, 5.41) is 0. The summed E-state index contributed by atoms with van der Waals surface area (Å²) in [4.78, 5) is 24.8. The molecule has 2 N–H and O–H groups in total. The number of thioether (sulfide) groups is 1. The highest BCUT2D eigenvalue weighted by atomic mass is 32.2. The molecule has 1 unspecified atom stereocenters. The maximum Gasteiger partial charge on any atom is 0.308 e. The molecule has 1 fully saturated rings. The summed E-state index contributed by atoms with van der Waals surface area (Å²) >= 11 is 1.61. The van der Waals surface area contributed by atoms with Crippen molar-refractivity contribution in [1.29, 1.82) is 0 Å². The summed E-state index contributed by atoms with van der Waals surface area (Å²) < 4.78 is 25.0. The van der Waals surface area contributed by atoms with Gasteiger partial charge in [0.2, 0.25) is 0 Å². The van der Waals surface area contributed by atoms with Crippen LogP contribution in [0, 0.1) is 0 Å². The molecule has 2 aliphatic heterocycles. The van der Waals surface area contributed by atoms with Gasteiger partial charge in [-0.05, 0) is 26.2 Å². The molecule has 4 heterocycles. The molecule has 0 saturated carbocycles. The van der Waals surface area contributed by atoms with Crippen LogP contribution in [0.3, 0.4) is 0 Å². The zero-order valence-corrected chi connectivity index (χ0v) is 18.6. The second-order valence-electron chi connectivity index (χ2n) is 8.31. The van der Waals surface area contributed by atoms with Crippen molar-refractivity contribution in [3.63, 3.8) is 0 Å². The van der Waals surface area contributed by atoms with Crippen LogP contribution in [0.5, 0.6) is 0 Å². The molecule has 11 heteroatoms. The van der Waals surface area contributed by atoms with Gasteiger partial charge in [-0.2, -0.15) is 0 Å². The molecule has 2 aliphatic rings. The van der Waals surface area contributed by atoms with Gasteiger partial charge >= 0.3 is 5.97 Å². The number of carbonyl (C=O) groups excluding carboxylic acids is 1. The van der Waals surface area contributed by atoms with Crippen molar-refractivity contribution in [2.24, 2.45) is 0 Å².